The monoisotopic (exact) mass is 186 g/mol. The van der Waals surface area contributed by atoms with Crippen molar-refractivity contribution in [2.45, 2.75) is 45.1 Å². The highest BCUT2D eigenvalue weighted by molar-refractivity contribution is 5.82. The highest BCUT2D eigenvalue weighted by Gasteiger charge is 2.24. The van der Waals surface area contributed by atoms with Crippen molar-refractivity contribution in [1.29, 1.82) is 0 Å². The van der Waals surface area contributed by atoms with Crippen LogP contribution in [0.25, 0.3) is 0 Å². The third-order valence-corrected chi connectivity index (χ3v) is 2.21. The first-order chi connectivity index (χ1) is 6.25. The molecule has 13 heavy (non-hydrogen) atoms. The zero-order chi connectivity index (χ0) is 9.68. The largest absolute Gasteiger partial charge is 0.770 e. The van der Waals surface area contributed by atoms with E-state index in [1.807, 2.05) is 0 Å². The Morgan fingerprint density at radius 2 is 2.23 bits per heavy atom. The molecule has 1 fully saturated rings. The number of nitrogens with one attached hydrogen (secondary N) is 2. The number of carbonyl (C=O) groups is 1. The molecule has 0 radical (unpaired) electrons. The number of hydrogen-bond donors (Lipinski definition) is 2. The minimum atomic E-state index is -0.531. The number of carbonyl (C=O) groups excluding carboxylic acids is 1. The van der Waals surface area contributed by atoms with Crippen LogP contribution in [0.2, 0.25) is 0 Å². The first-order valence-electron chi connectivity index (χ1n) is 4.77. The van der Waals surface area contributed by atoms with E-state index in [4.69, 9.17) is 0 Å². The van der Waals surface area contributed by atoms with Crippen molar-refractivity contribution in [3.8, 4) is 0 Å². The maximum absolute atomic E-state index is 11.0. The molecule has 0 saturated carbocycles. The predicted molar refractivity (Wildman–Crippen MR) is 49.0 cm³/mol. The van der Waals surface area contributed by atoms with Gasteiger partial charge in [-0.05, 0) is 6.42 Å². The van der Waals surface area contributed by atoms with Crippen LogP contribution in [0.3, 0.4) is 0 Å². The van der Waals surface area contributed by atoms with E-state index in [9.17, 15) is 10.0 Å². The first kappa shape index (κ1) is 10.4. The molecule has 1 saturated heterocycles. The van der Waals surface area contributed by atoms with Gasteiger partial charge in [0.15, 0.2) is 0 Å². The fourth-order valence-corrected chi connectivity index (χ4v) is 1.39. The van der Waals surface area contributed by atoms with Crippen LogP contribution < -0.4 is 11.0 Å². The molecule has 1 rings (SSSR count). The van der Waals surface area contributed by atoms with Crippen LogP contribution in [0.15, 0.2) is 0 Å². The van der Waals surface area contributed by atoms with Gasteiger partial charge in [-0.15, -0.1) is 0 Å². The lowest BCUT2D eigenvalue weighted by molar-refractivity contribution is -0.121. The molecule has 1 aliphatic rings. The van der Waals surface area contributed by atoms with Gasteiger partial charge in [0.1, 0.15) is 0 Å². The van der Waals surface area contributed by atoms with Crippen molar-refractivity contribution in [3.05, 3.63) is 5.21 Å². The van der Waals surface area contributed by atoms with Crippen molar-refractivity contribution < 1.29 is 4.79 Å². The number of hydrazine groups is 2. The summed E-state index contributed by atoms with van der Waals surface area (Å²) in [5.74, 6) is -0.216. The number of nitrogens with zero attached hydrogens (tertiary/aromatic N) is 1. The van der Waals surface area contributed by atoms with Gasteiger partial charge in [0.25, 0.3) is 5.91 Å². The molecule has 1 atom stereocenters. The van der Waals surface area contributed by atoms with E-state index in [1.54, 1.807) is 0 Å². The van der Waals surface area contributed by atoms with Gasteiger partial charge in [0, 0.05) is 0 Å². The molecule has 1 heterocycles. The van der Waals surface area contributed by atoms with E-state index in [2.05, 4.69) is 17.9 Å². The lowest BCUT2D eigenvalue weighted by atomic mass is 10.1. The molecule has 76 valence electrons. The Hall–Kier alpha value is -0.650. The summed E-state index contributed by atoms with van der Waals surface area (Å²) in [6.07, 6.45) is 5.00. The predicted octanol–water partition coefficient (Wildman–Crippen LogP) is 0.675. The average Bonchev–Trinajstić information content (AvgIpc) is 2.42. The Bertz CT molecular complexity index is 175. The lowest BCUT2D eigenvalue weighted by Crippen LogP contribution is -2.34. The quantitative estimate of drug-likeness (QED) is 0.619. The van der Waals surface area contributed by atoms with E-state index >= 15 is 0 Å². The molecule has 0 bridgehead atoms. The molecule has 0 aliphatic carbocycles. The number of hydrogen-bond acceptors (Lipinski definition) is 4. The molecule has 0 aromatic rings. The molecule has 0 aromatic heterocycles. The van der Waals surface area contributed by atoms with Crippen LogP contribution >= 0.6 is 0 Å². The summed E-state index contributed by atoms with van der Waals surface area (Å²) in [5.41, 5.74) is 4.52. The second-order valence-corrected chi connectivity index (χ2v) is 3.29. The average molecular weight is 186 g/mol. The minimum absolute atomic E-state index is 0.216. The second kappa shape index (κ2) is 5.16. The molecule has 2 N–H and O–H groups in total. The van der Waals surface area contributed by atoms with E-state index in [0.717, 1.165) is 19.3 Å². The SMILES string of the molecule is CCCCCCC1C(=O)NNN1[O-]. The second-order valence-electron chi connectivity index (χ2n) is 3.29. The van der Waals surface area contributed by atoms with Gasteiger partial charge in [0.05, 0.1) is 6.04 Å². The summed E-state index contributed by atoms with van der Waals surface area (Å²) >= 11 is 0. The van der Waals surface area contributed by atoms with Gasteiger partial charge in [0.2, 0.25) is 0 Å². The summed E-state index contributed by atoms with van der Waals surface area (Å²) in [7, 11) is 0. The van der Waals surface area contributed by atoms with Crippen LogP contribution in [0, 0.1) is 5.21 Å². The smallest absolute Gasteiger partial charge is 0.252 e. The van der Waals surface area contributed by atoms with Crippen molar-refractivity contribution >= 4 is 5.91 Å². The number of rotatable bonds is 5. The summed E-state index contributed by atoms with van der Waals surface area (Å²) in [5, 5.41) is 11.6. The minimum Gasteiger partial charge on any atom is -0.770 e. The third kappa shape index (κ3) is 2.95. The van der Waals surface area contributed by atoms with Gasteiger partial charge in [-0.1, -0.05) is 32.6 Å². The standard InChI is InChI=1S/C8H16N3O2/c1-2-3-4-5-6-7-8(12)9-10-11(7)13/h7,10H,2-6H2,1H3,(H,9,12)/q-1. The zero-order valence-electron chi connectivity index (χ0n) is 7.88. The number of hydroxylamine groups is 1. The molecular weight excluding hydrogens is 170 g/mol. The van der Waals surface area contributed by atoms with Crippen molar-refractivity contribution in [2.75, 3.05) is 0 Å². The van der Waals surface area contributed by atoms with Gasteiger partial charge in [-0.2, -0.15) is 5.53 Å². The summed E-state index contributed by atoms with van der Waals surface area (Å²) in [6, 6.07) is -0.531. The number of amides is 1. The van der Waals surface area contributed by atoms with Crippen LogP contribution in [0.4, 0.5) is 0 Å². The van der Waals surface area contributed by atoms with Crippen LogP contribution in [0.1, 0.15) is 39.0 Å². The molecule has 0 aromatic carbocycles. The Morgan fingerprint density at radius 1 is 1.46 bits per heavy atom. The molecule has 5 heteroatoms. The van der Waals surface area contributed by atoms with Crippen molar-refractivity contribution in [2.24, 2.45) is 0 Å². The maximum atomic E-state index is 11.0. The first-order valence-corrected chi connectivity index (χ1v) is 4.77. The summed E-state index contributed by atoms with van der Waals surface area (Å²) in [4.78, 5) is 11.0. The normalized spacial score (nSPS) is 23.5. The molecule has 0 spiro atoms. The number of unbranched alkanes of at least 4 members (excludes halogenated alkanes) is 3. The fraction of sp³-hybridized carbons (Fsp3) is 0.875. The topological polar surface area (TPSA) is 67.4 Å². The van der Waals surface area contributed by atoms with Gasteiger partial charge in [-0.3, -0.25) is 15.4 Å². The molecule has 1 unspecified atom stereocenters. The Balaban J connectivity index is 2.16. The molecule has 5 nitrogen and oxygen atoms in total. The third-order valence-electron chi connectivity index (χ3n) is 2.21. The Labute approximate surface area is 78.0 Å². The van der Waals surface area contributed by atoms with Gasteiger partial charge >= 0.3 is 0 Å². The molecular formula is C8H16N3O2-. The van der Waals surface area contributed by atoms with E-state index in [0.29, 0.717) is 11.6 Å². The Morgan fingerprint density at radius 3 is 2.77 bits per heavy atom. The maximum Gasteiger partial charge on any atom is 0.252 e. The summed E-state index contributed by atoms with van der Waals surface area (Å²) < 4.78 is 0. The van der Waals surface area contributed by atoms with Crippen LogP contribution in [-0.4, -0.2) is 17.1 Å². The van der Waals surface area contributed by atoms with Crippen molar-refractivity contribution in [1.82, 2.24) is 16.1 Å². The van der Waals surface area contributed by atoms with E-state index in [1.165, 1.54) is 6.42 Å². The molecule has 1 amide bonds. The van der Waals surface area contributed by atoms with Crippen LogP contribution in [-0.2, 0) is 4.79 Å². The lowest BCUT2D eigenvalue weighted by Gasteiger charge is -2.25. The van der Waals surface area contributed by atoms with Gasteiger partial charge in [-0.25, -0.2) is 0 Å². The van der Waals surface area contributed by atoms with E-state index < -0.39 is 6.04 Å². The fourth-order valence-electron chi connectivity index (χ4n) is 1.39. The van der Waals surface area contributed by atoms with Gasteiger partial charge < -0.3 is 5.21 Å². The van der Waals surface area contributed by atoms with Crippen molar-refractivity contribution in [3.63, 3.8) is 0 Å². The highest BCUT2D eigenvalue weighted by Crippen LogP contribution is 2.11. The summed E-state index contributed by atoms with van der Waals surface area (Å²) in [6.45, 7) is 2.13. The zero-order valence-corrected chi connectivity index (χ0v) is 7.88. The molecule has 1 aliphatic heterocycles. The highest BCUT2D eigenvalue weighted by atomic mass is 16.6. The van der Waals surface area contributed by atoms with E-state index in [-0.39, 0.29) is 5.91 Å². The van der Waals surface area contributed by atoms with Crippen LogP contribution in [0.5, 0.6) is 0 Å². The Kier molecular flexibility index (Phi) is 4.14.